The number of ether oxygens (including phenoxy) is 3. The topological polar surface area (TPSA) is 96.0 Å². The number of Topliss-reactive ketones (excluding diaryl/α,β-unsaturated/α-hetero) is 1. The molecule has 0 unspecified atom stereocenters. The Balaban J connectivity index is 4.54. The highest BCUT2D eigenvalue weighted by Gasteiger charge is 2.19. The van der Waals surface area contributed by atoms with E-state index in [9.17, 15) is 19.2 Å². The number of ketones is 1. The lowest BCUT2D eigenvalue weighted by Gasteiger charge is -2.18. The zero-order valence-electron chi connectivity index (χ0n) is 14.4. The minimum Gasteiger partial charge on any atom is -0.458 e. The van der Waals surface area contributed by atoms with Crippen molar-refractivity contribution < 1.29 is 33.4 Å². The average Bonchev–Trinajstić information content (AvgIpc) is 2.48. The summed E-state index contributed by atoms with van der Waals surface area (Å²) in [5.41, 5.74) is 0.390. The van der Waals surface area contributed by atoms with Gasteiger partial charge in [0.05, 0.1) is 0 Å². The van der Waals surface area contributed by atoms with E-state index in [2.05, 4.69) is 13.2 Å². The minimum atomic E-state index is -0.943. The van der Waals surface area contributed by atoms with Gasteiger partial charge < -0.3 is 19.0 Å². The van der Waals surface area contributed by atoms with E-state index in [1.54, 1.807) is 0 Å². The number of carbonyl (C=O) groups excluding carboxylic acids is 4. The molecule has 0 atom stereocenters. The third-order valence-corrected chi connectivity index (χ3v) is 2.71. The SMILES string of the molecule is C=C(C)C(=O)OCC(COC(=O)C(=C)C)OC(=O)CCCC(C)=O. The Kier molecular flexibility index (Phi) is 10.0. The first-order chi connectivity index (χ1) is 11.1. The lowest BCUT2D eigenvalue weighted by molar-refractivity contribution is -0.164. The first-order valence-corrected chi connectivity index (χ1v) is 7.47. The van der Waals surface area contributed by atoms with Gasteiger partial charge in [-0.25, -0.2) is 9.59 Å². The molecule has 0 spiro atoms. The molecule has 0 aliphatic carbocycles. The van der Waals surface area contributed by atoms with E-state index >= 15 is 0 Å². The Morgan fingerprint density at radius 1 is 0.833 bits per heavy atom. The van der Waals surface area contributed by atoms with Crippen molar-refractivity contribution in [3.63, 3.8) is 0 Å². The van der Waals surface area contributed by atoms with E-state index in [0.717, 1.165) is 0 Å². The van der Waals surface area contributed by atoms with Crippen LogP contribution in [0.15, 0.2) is 24.3 Å². The molecule has 0 aliphatic heterocycles. The zero-order chi connectivity index (χ0) is 18.7. The van der Waals surface area contributed by atoms with Gasteiger partial charge in [0, 0.05) is 24.0 Å². The van der Waals surface area contributed by atoms with Gasteiger partial charge in [-0.05, 0) is 27.2 Å². The molecule has 0 saturated carbocycles. The molecule has 0 N–H and O–H groups in total. The van der Waals surface area contributed by atoms with E-state index in [1.165, 1.54) is 20.8 Å². The van der Waals surface area contributed by atoms with Crippen molar-refractivity contribution >= 4 is 23.7 Å². The molecule has 0 amide bonds. The summed E-state index contributed by atoms with van der Waals surface area (Å²) in [7, 11) is 0. The summed E-state index contributed by atoms with van der Waals surface area (Å²) in [4.78, 5) is 45.4. The first-order valence-electron chi connectivity index (χ1n) is 7.47. The van der Waals surface area contributed by atoms with Crippen LogP contribution in [0.25, 0.3) is 0 Å². The second kappa shape index (κ2) is 11.2. The lowest BCUT2D eigenvalue weighted by Crippen LogP contribution is -2.31. The quantitative estimate of drug-likeness (QED) is 0.322. The average molecular weight is 340 g/mol. The molecule has 0 radical (unpaired) electrons. The van der Waals surface area contributed by atoms with Crippen molar-refractivity contribution in [3.05, 3.63) is 24.3 Å². The van der Waals surface area contributed by atoms with Crippen LogP contribution >= 0.6 is 0 Å². The van der Waals surface area contributed by atoms with Crippen molar-refractivity contribution in [2.75, 3.05) is 13.2 Å². The molecule has 134 valence electrons. The van der Waals surface area contributed by atoms with Crippen LogP contribution in [0.1, 0.15) is 40.0 Å². The summed E-state index contributed by atoms with van der Waals surface area (Å²) in [6.07, 6.45) is -0.271. The molecular weight excluding hydrogens is 316 g/mol. The maximum atomic E-state index is 11.7. The van der Waals surface area contributed by atoms with Gasteiger partial charge in [0.1, 0.15) is 19.0 Å². The summed E-state index contributed by atoms with van der Waals surface area (Å²) in [5.74, 6) is -1.87. The third kappa shape index (κ3) is 10.3. The maximum absolute atomic E-state index is 11.7. The van der Waals surface area contributed by atoms with Gasteiger partial charge in [0.2, 0.25) is 0 Å². The highest BCUT2D eigenvalue weighted by molar-refractivity contribution is 5.87. The molecule has 0 saturated heterocycles. The zero-order valence-corrected chi connectivity index (χ0v) is 14.4. The Bertz CT molecular complexity index is 489. The largest absolute Gasteiger partial charge is 0.458 e. The van der Waals surface area contributed by atoms with Crippen LogP contribution in [0.5, 0.6) is 0 Å². The number of esters is 3. The molecule has 0 aromatic carbocycles. The predicted octanol–water partition coefficient (Wildman–Crippen LogP) is 1.90. The molecular formula is C17H24O7. The highest BCUT2D eigenvalue weighted by atomic mass is 16.6. The van der Waals surface area contributed by atoms with Gasteiger partial charge in [-0.2, -0.15) is 0 Å². The molecule has 7 nitrogen and oxygen atoms in total. The van der Waals surface area contributed by atoms with Crippen LogP contribution in [-0.2, 0) is 33.4 Å². The molecule has 0 aromatic heterocycles. The summed E-state index contributed by atoms with van der Waals surface area (Å²) in [6.45, 7) is 10.7. The van der Waals surface area contributed by atoms with Crippen LogP contribution in [-0.4, -0.2) is 43.0 Å². The molecule has 0 bridgehead atoms. The lowest BCUT2D eigenvalue weighted by atomic mass is 10.2. The Morgan fingerprint density at radius 2 is 1.29 bits per heavy atom. The van der Waals surface area contributed by atoms with Crippen LogP contribution < -0.4 is 0 Å². The van der Waals surface area contributed by atoms with Crippen LogP contribution in [0.4, 0.5) is 0 Å². The normalized spacial score (nSPS) is 10.0. The second-order valence-electron chi connectivity index (χ2n) is 5.43. The van der Waals surface area contributed by atoms with Crippen molar-refractivity contribution in [1.29, 1.82) is 0 Å². The van der Waals surface area contributed by atoms with E-state index in [1.807, 2.05) is 0 Å². The first kappa shape index (κ1) is 21.6. The van der Waals surface area contributed by atoms with Crippen molar-refractivity contribution in [3.8, 4) is 0 Å². The van der Waals surface area contributed by atoms with Crippen molar-refractivity contribution in [2.45, 2.75) is 46.1 Å². The highest BCUT2D eigenvalue weighted by Crippen LogP contribution is 2.05. The van der Waals surface area contributed by atoms with E-state index in [-0.39, 0.29) is 43.0 Å². The molecule has 0 aliphatic rings. The van der Waals surface area contributed by atoms with Crippen LogP contribution in [0.3, 0.4) is 0 Å². The smallest absolute Gasteiger partial charge is 0.333 e. The standard InChI is InChI=1S/C17H24O7/c1-11(2)16(20)22-9-14(10-23-17(21)12(3)4)24-15(19)8-6-7-13(5)18/h14H,1,3,6-10H2,2,4-5H3. The molecule has 0 heterocycles. The number of hydrogen-bond donors (Lipinski definition) is 0. The van der Waals surface area contributed by atoms with Crippen LogP contribution in [0.2, 0.25) is 0 Å². The second-order valence-corrected chi connectivity index (χ2v) is 5.43. The molecule has 0 fully saturated rings. The monoisotopic (exact) mass is 340 g/mol. The third-order valence-electron chi connectivity index (χ3n) is 2.71. The van der Waals surface area contributed by atoms with Gasteiger partial charge in [0.15, 0.2) is 6.10 Å². The van der Waals surface area contributed by atoms with E-state index < -0.39 is 24.0 Å². The van der Waals surface area contributed by atoms with E-state index in [0.29, 0.717) is 6.42 Å². The number of carbonyl (C=O) groups is 4. The van der Waals surface area contributed by atoms with Gasteiger partial charge in [-0.1, -0.05) is 13.2 Å². The Hall–Kier alpha value is -2.44. The molecule has 0 aromatic rings. The van der Waals surface area contributed by atoms with Gasteiger partial charge in [-0.3, -0.25) is 4.79 Å². The maximum Gasteiger partial charge on any atom is 0.333 e. The summed E-state index contributed by atoms with van der Waals surface area (Å²) < 4.78 is 15.0. The summed E-state index contributed by atoms with van der Waals surface area (Å²) in [5, 5.41) is 0. The molecule has 0 rings (SSSR count). The molecule has 24 heavy (non-hydrogen) atoms. The fraction of sp³-hybridized carbons (Fsp3) is 0.529. The Labute approximate surface area is 141 Å². The molecule has 7 heteroatoms. The Morgan fingerprint density at radius 3 is 1.67 bits per heavy atom. The van der Waals surface area contributed by atoms with Gasteiger partial charge >= 0.3 is 17.9 Å². The minimum absolute atomic E-state index is 0.0230. The summed E-state index contributed by atoms with van der Waals surface area (Å²) in [6, 6.07) is 0. The van der Waals surface area contributed by atoms with Crippen molar-refractivity contribution in [1.82, 2.24) is 0 Å². The number of rotatable bonds is 11. The van der Waals surface area contributed by atoms with Crippen LogP contribution in [0, 0.1) is 0 Å². The van der Waals surface area contributed by atoms with Gasteiger partial charge in [-0.15, -0.1) is 0 Å². The fourth-order valence-corrected chi connectivity index (χ4v) is 1.43. The van der Waals surface area contributed by atoms with Crippen molar-refractivity contribution in [2.24, 2.45) is 0 Å². The summed E-state index contributed by atoms with van der Waals surface area (Å²) >= 11 is 0. The van der Waals surface area contributed by atoms with E-state index in [4.69, 9.17) is 14.2 Å². The van der Waals surface area contributed by atoms with Gasteiger partial charge in [0.25, 0.3) is 0 Å². The predicted molar refractivity (Wildman–Crippen MR) is 86.0 cm³/mol. The fourth-order valence-electron chi connectivity index (χ4n) is 1.43. The number of hydrogen-bond acceptors (Lipinski definition) is 7.